The summed E-state index contributed by atoms with van der Waals surface area (Å²) in [6.07, 6.45) is 5.96. The van der Waals surface area contributed by atoms with E-state index in [1.54, 1.807) is 11.3 Å². The Morgan fingerprint density at radius 3 is 2.85 bits per heavy atom. The van der Waals surface area contributed by atoms with E-state index in [9.17, 15) is 0 Å². The molecule has 1 fully saturated rings. The average Bonchev–Trinajstić information content (AvgIpc) is 3.14. The molecule has 0 aliphatic carbocycles. The first-order valence-electron chi connectivity index (χ1n) is 7.57. The molecule has 2 aromatic rings. The summed E-state index contributed by atoms with van der Waals surface area (Å²) in [6.45, 7) is 7.82. The Morgan fingerprint density at radius 1 is 1.40 bits per heavy atom. The second-order valence-corrected chi connectivity index (χ2v) is 6.72. The van der Waals surface area contributed by atoms with Crippen LogP contribution in [0.4, 0.5) is 5.82 Å². The van der Waals surface area contributed by atoms with Gasteiger partial charge in [0.15, 0.2) is 10.8 Å². The summed E-state index contributed by atoms with van der Waals surface area (Å²) >= 11 is 1.72. The lowest BCUT2D eigenvalue weighted by atomic mass is 9.82. The molecule has 0 radical (unpaired) electrons. The van der Waals surface area contributed by atoms with Crippen LogP contribution in [-0.4, -0.2) is 29.5 Å². The summed E-state index contributed by atoms with van der Waals surface area (Å²) in [6, 6.07) is 0. The standard InChI is InChI=1S/C15H24N4S/c1-4-15(5-2)6-7-18(11-15)13-12(10-16-3)19-8-9-20-14(19)17-13/h8-9,16H,4-7,10-11H2,1-3H3. The van der Waals surface area contributed by atoms with Crippen molar-refractivity contribution in [3.8, 4) is 0 Å². The maximum atomic E-state index is 4.87. The summed E-state index contributed by atoms with van der Waals surface area (Å²) in [4.78, 5) is 8.48. The molecule has 0 unspecified atom stereocenters. The van der Waals surface area contributed by atoms with Crippen molar-refractivity contribution < 1.29 is 0 Å². The highest BCUT2D eigenvalue weighted by atomic mass is 32.1. The molecule has 20 heavy (non-hydrogen) atoms. The summed E-state index contributed by atoms with van der Waals surface area (Å²) in [5, 5.41) is 5.39. The minimum absolute atomic E-state index is 0.494. The van der Waals surface area contributed by atoms with Crippen molar-refractivity contribution in [3.05, 3.63) is 17.3 Å². The van der Waals surface area contributed by atoms with E-state index < -0.39 is 0 Å². The van der Waals surface area contributed by atoms with Crippen LogP contribution in [-0.2, 0) is 6.54 Å². The molecule has 1 aliphatic rings. The molecule has 1 N–H and O–H groups in total. The first-order chi connectivity index (χ1) is 9.73. The van der Waals surface area contributed by atoms with Gasteiger partial charge in [0.05, 0.1) is 5.69 Å². The van der Waals surface area contributed by atoms with Gasteiger partial charge in [0.2, 0.25) is 0 Å². The highest BCUT2D eigenvalue weighted by molar-refractivity contribution is 7.15. The van der Waals surface area contributed by atoms with Gasteiger partial charge in [-0.2, -0.15) is 0 Å². The highest BCUT2D eigenvalue weighted by Gasteiger charge is 2.36. The Balaban J connectivity index is 1.94. The first-order valence-corrected chi connectivity index (χ1v) is 8.45. The summed E-state index contributed by atoms with van der Waals surface area (Å²) in [7, 11) is 2.00. The van der Waals surface area contributed by atoms with Gasteiger partial charge in [0, 0.05) is 31.2 Å². The van der Waals surface area contributed by atoms with Crippen LogP contribution in [0.3, 0.4) is 0 Å². The molecule has 0 saturated carbocycles. The van der Waals surface area contributed by atoms with E-state index in [-0.39, 0.29) is 0 Å². The van der Waals surface area contributed by atoms with Crippen molar-refractivity contribution in [1.82, 2.24) is 14.7 Å². The van der Waals surface area contributed by atoms with Crippen molar-refractivity contribution in [2.75, 3.05) is 25.0 Å². The summed E-state index contributed by atoms with van der Waals surface area (Å²) < 4.78 is 2.23. The topological polar surface area (TPSA) is 32.6 Å². The molecule has 3 heterocycles. The second-order valence-electron chi connectivity index (χ2n) is 5.85. The number of hydrogen-bond donors (Lipinski definition) is 1. The normalized spacial score (nSPS) is 18.2. The number of anilines is 1. The molecule has 0 atom stereocenters. The van der Waals surface area contributed by atoms with Gasteiger partial charge >= 0.3 is 0 Å². The van der Waals surface area contributed by atoms with Crippen molar-refractivity contribution in [2.24, 2.45) is 5.41 Å². The van der Waals surface area contributed by atoms with E-state index in [0.29, 0.717) is 5.41 Å². The van der Waals surface area contributed by atoms with Crippen LogP contribution >= 0.6 is 11.3 Å². The molecule has 0 spiro atoms. The molecule has 0 aromatic carbocycles. The van der Waals surface area contributed by atoms with Gasteiger partial charge in [-0.05, 0) is 31.7 Å². The number of nitrogens with one attached hydrogen (secondary N) is 1. The fourth-order valence-electron chi connectivity index (χ4n) is 3.35. The number of hydrogen-bond acceptors (Lipinski definition) is 4. The molecule has 2 aromatic heterocycles. The van der Waals surface area contributed by atoms with Crippen LogP contribution in [0.1, 0.15) is 38.8 Å². The second kappa shape index (κ2) is 5.37. The van der Waals surface area contributed by atoms with Crippen molar-refractivity contribution in [3.63, 3.8) is 0 Å². The number of aromatic nitrogens is 2. The zero-order valence-corrected chi connectivity index (χ0v) is 13.5. The number of rotatable bonds is 5. The van der Waals surface area contributed by atoms with E-state index in [4.69, 9.17) is 4.98 Å². The highest BCUT2D eigenvalue weighted by Crippen LogP contribution is 2.40. The largest absolute Gasteiger partial charge is 0.354 e. The predicted octanol–water partition coefficient (Wildman–Crippen LogP) is 3.13. The number of fused-ring (bicyclic) bond motifs is 1. The minimum Gasteiger partial charge on any atom is -0.354 e. The number of nitrogens with zero attached hydrogens (tertiary/aromatic N) is 3. The van der Waals surface area contributed by atoms with E-state index in [1.807, 2.05) is 7.05 Å². The van der Waals surface area contributed by atoms with Crippen molar-refractivity contribution >= 4 is 22.1 Å². The Bertz CT molecular complexity index is 582. The van der Waals surface area contributed by atoms with Gasteiger partial charge in [0.1, 0.15) is 0 Å². The lowest BCUT2D eigenvalue weighted by Gasteiger charge is -2.26. The van der Waals surface area contributed by atoms with Gasteiger partial charge in [-0.15, -0.1) is 11.3 Å². The monoisotopic (exact) mass is 292 g/mol. The zero-order chi connectivity index (χ0) is 14.2. The Kier molecular flexibility index (Phi) is 3.73. The number of imidazole rings is 1. The molecular formula is C15H24N4S. The van der Waals surface area contributed by atoms with Crippen LogP contribution in [0.2, 0.25) is 0 Å². The van der Waals surface area contributed by atoms with Crippen LogP contribution < -0.4 is 10.2 Å². The lowest BCUT2D eigenvalue weighted by Crippen LogP contribution is -2.27. The molecule has 4 nitrogen and oxygen atoms in total. The van der Waals surface area contributed by atoms with Gasteiger partial charge in [0.25, 0.3) is 0 Å². The van der Waals surface area contributed by atoms with Gasteiger partial charge in [-0.1, -0.05) is 13.8 Å². The Labute approximate surface area is 124 Å². The fraction of sp³-hybridized carbons (Fsp3) is 0.667. The van der Waals surface area contributed by atoms with E-state index in [2.05, 4.69) is 40.0 Å². The Morgan fingerprint density at radius 2 is 2.20 bits per heavy atom. The molecule has 3 rings (SSSR count). The Hall–Kier alpha value is -1.07. The van der Waals surface area contributed by atoms with Crippen LogP contribution in [0, 0.1) is 5.41 Å². The maximum absolute atomic E-state index is 4.87. The summed E-state index contributed by atoms with van der Waals surface area (Å²) in [5.74, 6) is 1.19. The van der Waals surface area contributed by atoms with Gasteiger partial charge < -0.3 is 10.2 Å². The van der Waals surface area contributed by atoms with Crippen LogP contribution in [0.5, 0.6) is 0 Å². The van der Waals surface area contributed by atoms with Crippen molar-refractivity contribution in [1.29, 1.82) is 0 Å². The SMILES string of the molecule is CCC1(CC)CCN(c2nc3sccn3c2CNC)C1. The fourth-order valence-corrected chi connectivity index (χ4v) is 4.08. The average molecular weight is 292 g/mol. The minimum atomic E-state index is 0.494. The molecular weight excluding hydrogens is 268 g/mol. The molecule has 1 saturated heterocycles. The quantitative estimate of drug-likeness (QED) is 0.919. The van der Waals surface area contributed by atoms with E-state index in [0.717, 1.165) is 24.6 Å². The van der Waals surface area contributed by atoms with Crippen LogP contribution in [0.25, 0.3) is 4.96 Å². The summed E-state index contributed by atoms with van der Waals surface area (Å²) in [5.41, 5.74) is 1.79. The number of thiazole rings is 1. The van der Waals surface area contributed by atoms with Crippen molar-refractivity contribution in [2.45, 2.75) is 39.7 Å². The molecule has 1 aliphatic heterocycles. The van der Waals surface area contributed by atoms with E-state index in [1.165, 1.54) is 30.8 Å². The molecule has 5 heteroatoms. The smallest absolute Gasteiger partial charge is 0.195 e. The third-order valence-corrected chi connectivity index (χ3v) is 5.68. The predicted molar refractivity (Wildman–Crippen MR) is 85.7 cm³/mol. The lowest BCUT2D eigenvalue weighted by molar-refractivity contribution is 0.301. The molecule has 0 amide bonds. The third-order valence-electron chi connectivity index (χ3n) is 4.92. The maximum Gasteiger partial charge on any atom is 0.195 e. The van der Waals surface area contributed by atoms with Crippen LogP contribution in [0.15, 0.2) is 11.6 Å². The molecule has 0 bridgehead atoms. The van der Waals surface area contributed by atoms with Gasteiger partial charge in [-0.3, -0.25) is 4.40 Å². The molecule has 110 valence electrons. The third kappa shape index (κ3) is 2.13. The first kappa shape index (κ1) is 13.9. The van der Waals surface area contributed by atoms with E-state index >= 15 is 0 Å². The zero-order valence-electron chi connectivity index (χ0n) is 12.6. The van der Waals surface area contributed by atoms with Gasteiger partial charge in [-0.25, -0.2) is 4.98 Å².